The number of hydrogen-bond donors (Lipinski definition) is 0. The summed E-state index contributed by atoms with van der Waals surface area (Å²) >= 11 is 0. The molecule has 0 bridgehead atoms. The molecule has 1 saturated heterocycles. The van der Waals surface area contributed by atoms with Gasteiger partial charge in [0.25, 0.3) is 0 Å². The van der Waals surface area contributed by atoms with Crippen LogP contribution in [0, 0.1) is 6.92 Å². The van der Waals surface area contributed by atoms with Crippen LogP contribution in [0.5, 0.6) is 0 Å². The van der Waals surface area contributed by atoms with E-state index >= 15 is 0 Å². The fourth-order valence-corrected chi connectivity index (χ4v) is 3.94. The number of nitrogens with zero attached hydrogens (tertiary/aromatic N) is 1. The maximum atomic E-state index is 12.8. The monoisotopic (exact) mass is 315 g/mol. The van der Waals surface area contributed by atoms with Gasteiger partial charge >= 0.3 is 5.97 Å². The van der Waals surface area contributed by atoms with Crippen LogP contribution in [0.3, 0.4) is 0 Å². The Balaban J connectivity index is 1.89. The molecule has 4 nitrogen and oxygen atoms in total. The average Bonchev–Trinajstić information content (AvgIpc) is 3.30. The molecule has 1 heterocycles. The summed E-state index contributed by atoms with van der Waals surface area (Å²) in [4.78, 5) is 12.7. The van der Waals surface area contributed by atoms with Crippen molar-refractivity contribution < 1.29 is 13.7 Å². The van der Waals surface area contributed by atoms with Crippen LogP contribution < -0.4 is 0 Å². The van der Waals surface area contributed by atoms with Crippen LogP contribution >= 0.6 is 0 Å². The Bertz CT molecular complexity index is 700. The van der Waals surface area contributed by atoms with Crippen LogP contribution in [0.15, 0.2) is 59.5 Å². The Morgan fingerprint density at radius 1 is 1.09 bits per heavy atom. The minimum Gasteiger partial charge on any atom is -0.468 e. The number of ether oxygens (including phenoxy) is 1. The minimum absolute atomic E-state index is 0.198. The maximum absolute atomic E-state index is 12.8. The predicted molar refractivity (Wildman–Crippen MR) is 84.4 cm³/mol. The smallest absolute Gasteiger partial charge is 0.326 e. The van der Waals surface area contributed by atoms with E-state index in [1.165, 1.54) is 7.11 Å². The molecule has 2 unspecified atom stereocenters. The van der Waals surface area contributed by atoms with Crippen molar-refractivity contribution in [1.29, 1.82) is 0 Å². The molecule has 4 atom stereocenters. The summed E-state index contributed by atoms with van der Waals surface area (Å²) in [5.41, 5.74) is 2.08. The number of esters is 1. The lowest BCUT2D eigenvalue weighted by atomic mass is 10.1. The average molecular weight is 315 g/mol. The zero-order valence-electron chi connectivity index (χ0n) is 12.4. The Kier molecular flexibility index (Phi) is 4.09. The van der Waals surface area contributed by atoms with Crippen LogP contribution in [0.4, 0.5) is 0 Å². The number of benzene rings is 2. The van der Waals surface area contributed by atoms with Gasteiger partial charge in [-0.25, -0.2) is 4.21 Å². The molecule has 0 N–H and O–H groups in total. The van der Waals surface area contributed by atoms with E-state index in [2.05, 4.69) is 0 Å². The van der Waals surface area contributed by atoms with Crippen molar-refractivity contribution in [3.8, 4) is 0 Å². The molecule has 1 aliphatic rings. The lowest BCUT2D eigenvalue weighted by molar-refractivity contribution is -0.140. The summed E-state index contributed by atoms with van der Waals surface area (Å²) in [7, 11) is -0.0258. The van der Waals surface area contributed by atoms with Crippen molar-refractivity contribution in [3.05, 3.63) is 65.7 Å². The molecule has 0 saturated carbocycles. The molecule has 114 valence electrons. The molecular formula is C17H17NO3S. The summed E-state index contributed by atoms with van der Waals surface area (Å²) in [6.45, 7) is 1.98. The first-order chi connectivity index (χ1) is 10.6. The highest BCUT2D eigenvalue weighted by Crippen LogP contribution is 2.46. The fourth-order valence-electron chi connectivity index (χ4n) is 2.53. The number of rotatable bonds is 4. The van der Waals surface area contributed by atoms with E-state index in [1.807, 2.05) is 61.5 Å². The van der Waals surface area contributed by atoms with Crippen LogP contribution in [-0.2, 0) is 20.5 Å². The van der Waals surface area contributed by atoms with E-state index in [4.69, 9.17) is 4.74 Å². The normalized spacial score (nSPS) is 24.5. The predicted octanol–water partition coefficient (Wildman–Crippen LogP) is 2.62. The van der Waals surface area contributed by atoms with Gasteiger partial charge in [0, 0.05) is 0 Å². The summed E-state index contributed by atoms with van der Waals surface area (Å²) < 4.78 is 19.3. The Morgan fingerprint density at radius 3 is 2.32 bits per heavy atom. The van der Waals surface area contributed by atoms with E-state index in [-0.39, 0.29) is 12.0 Å². The molecule has 0 amide bonds. The standard InChI is InChI=1S/C17H17NO3S/c1-12-8-10-14(11-9-12)22(20)18-15(16(18)17(19)21-2)13-6-4-3-5-7-13/h3-11,15-16H,1-2H3/t15-,16-,18?,22?/m1/s1. The second-order valence-electron chi connectivity index (χ2n) is 5.25. The van der Waals surface area contributed by atoms with Crippen molar-refractivity contribution >= 4 is 17.0 Å². The van der Waals surface area contributed by atoms with Gasteiger partial charge in [0.15, 0.2) is 0 Å². The van der Waals surface area contributed by atoms with Crippen LogP contribution in [-0.4, -0.2) is 27.6 Å². The summed E-state index contributed by atoms with van der Waals surface area (Å²) in [6, 6.07) is 16.4. The van der Waals surface area contributed by atoms with Gasteiger partial charge in [0.1, 0.15) is 17.0 Å². The third-order valence-corrected chi connectivity index (χ3v) is 5.27. The largest absolute Gasteiger partial charge is 0.468 e. The lowest BCUT2D eigenvalue weighted by Gasteiger charge is -2.05. The highest BCUT2D eigenvalue weighted by molar-refractivity contribution is 7.83. The van der Waals surface area contributed by atoms with Gasteiger partial charge in [0.05, 0.1) is 18.0 Å². The lowest BCUT2D eigenvalue weighted by Crippen LogP contribution is -2.16. The van der Waals surface area contributed by atoms with Crippen LogP contribution in [0.25, 0.3) is 0 Å². The highest BCUT2D eigenvalue weighted by atomic mass is 32.2. The third-order valence-electron chi connectivity index (χ3n) is 3.76. The topological polar surface area (TPSA) is 46.4 Å². The van der Waals surface area contributed by atoms with Gasteiger partial charge in [0.2, 0.25) is 0 Å². The second kappa shape index (κ2) is 6.02. The number of carbonyl (C=O) groups is 1. The van der Waals surface area contributed by atoms with Crippen molar-refractivity contribution in [2.45, 2.75) is 23.9 Å². The summed E-state index contributed by atoms with van der Waals surface area (Å²) in [5, 5.41) is 0. The van der Waals surface area contributed by atoms with E-state index in [0.717, 1.165) is 11.1 Å². The van der Waals surface area contributed by atoms with Gasteiger partial charge in [-0.15, -0.1) is 0 Å². The molecule has 0 aromatic heterocycles. The quantitative estimate of drug-likeness (QED) is 0.643. The zero-order valence-corrected chi connectivity index (χ0v) is 13.2. The Hall–Kier alpha value is -1.98. The maximum Gasteiger partial charge on any atom is 0.326 e. The molecular weight excluding hydrogens is 298 g/mol. The van der Waals surface area contributed by atoms with Crippen molar-refractivity contribution in [3.63, 3.8) is 0 Å². The first-order valence-electron chi connectivity index (χ1n) is 7.03. The van der Waals surface area contributed by atoms with Crippen LogP contribution in [0.2, 0.25) is 0 Å². The van der Waals surface area contributed by atoms with Gasteiger partial charge in [-0.2, -0.15) is 4.31 Å². The number of aryl methyl sites for hydroxylation is 1. The molecule has 2 aromatic carbocycles. The minimum atomic E-state index is -1.38. The van der Waals surface area contributed by atoms with Gasteiger partial charge in [-0.3, -0.25) is 4.79 Å². The third kappa shape index (κ3) is 2.69. The highest BCUT2D eigenvalue weighted by Gasteiger charge is 2.57. The zero-order chi connectivity index (χ0) is 15.7. The molecule has 0 spiro atoms. The summed E-state index contributed by atoms with van der Waals surface area (Å²) in [5.74, 6) is -0.352. The number of methoxy groups -OCH3 is 1. The molecule has 1 aliphatic heterocycles. The molecule has 2 aromatic rings. The van der Waals surface area contributed by atoms with Crippen molar-refractivity contribution in [2.24, 2.45) is 0 Å². The molecule has 1 fully saturated rings. The van der Waals surface area contributed by atoms with Crippen molar-refractivity contribution in [1.82, 2.24) is 4.31 Å². The SMILES string of the molecule is COC(=O)[C@H]1[C@@H](c2ccccc2)N1S(=O)c1ccc(C)cc1. The van der Waals surface area contributed by atoms with Gasteiger partial charge in [-0.1, -0.05) is 48.0 Å². The fraction of sp³-hybridized carbons (Fsp3) is 0.235. The molecule has 0 radical (unpaired) electrons. The Labute approximate surface area is 132 Å². The van der Waals surface area contributed by atoms with Crippen molar-refractivity contribution in [2.75, 3.05) is 7.11 Å². The molecule has 0 aliphatic carbocycles. The summed E-state index contributed by atoms with van der Waals surface area (Å²) in [6.07, 6.45) is 0. The van der Waals surface area contributed by atoms with Gasteiger partial charge in [-0.05, 0) is 24.6 Å². The first kappa shape index (κ1) is 14.9. The molecule has 22 heavy (non-hydrogen) atoms. The molecule has 3 rings (SSSR count). The van der Waals surface area contributed by atoms with E-state index in [1.54, 1.807) is 4.31 Å². The van der Waals surface area contributed by atoms with Gasteiger partial charge < -0.3 is 4.74 Å². The number of carbonyl (C=O) groups excluding carboxylic acids is 1. The first-order valence-corrected chi connectivity index (χ1v) is 8.14. The molecule has 5 heteroatoms. The van der Waals surface area contributed by atoms with Crippen LogP contribution in [0.1, 0.15) is 17.2 Å². The van der Waals surface area contributed by atoms with E-state index in [0.29, 0.717) is 4.90 Å². The Morgan fingerprint density at radius 2 is 1.73 bits per heavy atom. The second-order valence-corrected chi connectivity index (χ2v) is 6.64. The number of hydrogen-bond acceptors (Lipinski definition) is 3. The van der Waals surface area contributed by atoms with E-state index in [9.17, 15) is 9.00 Å². The van der Waals surface area contributed by atoms with E-state index < -0.39 is 17.0 Å².